The van der Waals surface area contributed by atoms with E-state index in [2.05, 4.69) is 4.98 Å². The van der Waals surface area contributed by atoms with E-state index in [4.69, 9.17) is 37.7 Å². The minimum Gasteiger partial charge on any atom is -0.467 e. The lowest BCUT2D eigenvalue weighted by molar-refractivity contribution is -0.164. The Morgan fingerprint density at radius 1 is 1.06 bits per heavy atom. The van der Waals surface area contributed by atoms with Crippen LogP contribution in [0.5, 0.6) is 0 Å². The zero-order valence-electron chi connectivity index (χ0n) is 19.5. The van der Waals surface area contributed by atoms with Crippen molar-refractivity contribution in [3.8, 4) is 21.8 Å². The Hall–Kier alpha value is -2.51. The van der Waals surface area contributed by atoms with E-state index in [-0.39, 0.29) is 0 Å². The highest BCUT2D eigenvalue weighted by Gasteiger charge is 2.33. The number of pyridine rings is 1. The first-order chi connectivity index (χ1) is 16.1. The Kier molecular flexibility index (Phi) is 6.97. The Morgan fingerprint density at radius 2 is 1.76 bits per heavy atom. The number of hydrogen-bond acceptors (Lipinski definition) is 6. The summed E-state index contributed by atoms with van der Waals surface area (Å²) in [5.74, 6) is -0.464. The van der Waals surface area contributed by atoms with Crippen molar-refractivity contribution in [2.24, 2.45) is 0 Å². The number of carbonyl (C=O) groups is 1. The number of ether oxygens (including phenoxy) is 2. The van der Waals surface area contributed by atoms with Gasteiger partial charge in [0.25, 0.3) is 0 Å². The second kappa shape index (κ2) is 9.62. The van der Waals surface area contributed by atoms with Crippen LogP contribution in [0.4, 0.5) is 0 Å². The molecule has 0 saturated heterocycles. The van der Waals surface area contributed by atoms with Gasteiger partial charge in [0, 0.05) is 16.1 Å². The van der Waals surface area contributed by atoms with Crippen molar-refractivity contribution in [3.63, 3.8) is 0 Å². The van der Waals surface area contributed by atoms with Gasteiger partial charge in [-0.15, -0.1) is 11.3 Å². The predicted molar refractivity (Wildman–Crippen MR) is 139 cm³/mol. The number of nitrogens with zero attached hydrogens (tertiary/aromatic N) is 2. The summed E-state index contributed by atoms with van der Waals surface area (Å²) in [6.45, 7) is 7.68. The summed E-state index contributed by atoms with van der Waals surface area (Å²) >= 11 is 13.8. The SMILES string of the molecule is COC(=O)C(OC(C)(C)C)c1c(C)cc2nc(-c3cccc(Cl)n3)sc2c1-c1ccc(Cl)cc1. The maximum Gasteiger partial charge on any atom is 0.339 e. The molecule has 0 N–H and O–H groups in total. The third-order valence-corrected chi connectivity index (χ3v) is 6.72. The molecule has 0 radical (unpaired) electrons. The van der Waals surface area contributed by atoms with E-state index < -0.39 is 17.7 Å². The topological polar surface area (TPSA) is 61.3 Å². The van der Waals surface area contributed by atoms with E-state index in [9.17, 15) is 4.79 Å². The van der Waals surface area contributed by atoms with Crippen LogP contribution in [0.3, 0.4) is 0 Å². The van der Waals surface area contributed by atoms with E-state index >= 15 is 0 Å². The zero-order valence-corrected chi connectivity index (χ0v) is 21.8. The highest BCUT2D eigenvalue weighted by molar-refractivity contribution is 7.22. The minimum absolute atomic E-state index is 0.399. The second-order valence-electron chi connectivity index (χ2n) is 8.84. The summed E-state index contributed by atoms with van der Waals surface area (Å²) in [7, 11) is 1.37. The van der Waals surface area contributed by atoms with E-state index in [0.29, 0.717) is 15.9 Å². The number of rotatable bonds is 5. The van der Waals surface area contributed by atoms with E-state index in [1.807, 2.05) is 70.2 Å². The first kappa shape index (κ1) is 24.6. The van der Waals surface area contributed by atoms with Gasteiger partial charge in [0.1, 0.15) is 15.9 Å². The van der Waals surface area contributed by atoms with Crippen LogP contribution in [-0.2, 0) is 14.3 Å². The molecule has 4 aromatic rings. The molecule has 0 fully saturated rings. The van der Waals surface area contributed by atoms with Crippen molar-refractivity contribution < 1.29 is 14.3 Å². The number of methoxy groups -OCH3 is 1. The molecule has 0 aliphatic carbocycles. The molecular weight excluding hydrogens is 491 g/mol. The molecule has 1 unspecified atom stereocenters. The fraction of sp³-hybridized carbons (Fsp3) is 0.269. The molecule has 176 valence electrons. The van der Waals surface area contributed by atoms with Crippen LogP contribution < -0.4 is 0 Å². The summed E-state index contributed by atoms with van der Waals surface area (Å²) in [5, 5.41) is 1.75. The number of benzene rings is 2. The summed E-state index contributed by atoms with van der Waals surface area (Å²) in [5.41, 5.74) is 4.27. The van der Waals surface area contributed by atoms with E-state index in [0.717, 1.165) is 37.5 Å². The first-order valence-electron chi connectivity index (χ1n) is 10.7. The summed E-state index contributed by atoms with van der Waals surface area (Å²) in [4.78, 5) is 22.2. The van der Waals surface area contributed by atoms with Gasteiger partial charge in [-0.1, -0.05) is 41.4 Å². The molecule has 0 aliphatic heterocycles. The van der Waals surface area contributed by atoms with Gasteiger partial charge in [0.05, 0.1) is 22.9 Å². The summed E-state index contributed by atoms with van der Waals surface area (Å²) < 4.78 is 12.3. The molecule has 4 rings (SSSR count). The van der Waals surface area contributed by atoms with Crippen molar-refractivity contribution in [1.82, 2.24) is 9.97 Å². The lowest BCUT2D eigenvalue weighted by atomic mass is 9.91. The van der Waals surface area contributed by atoms with Gasteiger partial charge in [-0.25, -0.2) is 14.8 Å². The highest BCUT2D eigenvalue weighted by atomic mass is 35.5. The van der Waals surface area contributed by atoms with Crippen molar-refractivity contribution in [2.75, 3.05) is 7.11 Å². The Balaban J connectivity index is 2.04. The monoisotopic (exact) mass is 514 g/mol. The number of esters is 1. The average molecular weight is 515 g/mol. The lowest BCUT2D eigenvalue weighted by Gasteiger charge is -2.28. The molecule has 0 aliphatic rings. The standard InChI is InChI=1S/C26H24Cl2N2O3S/c1-14-13-18-23(34-24(30-18)17-7-6-8-19(28)29-17)21(15-9-11-16(27)12-10-15)20(14)22(25(31)32-5)33-26(2,3)4/h6-13,22H,1-5H3. The molecule has 0 amide bonds. The Morgan fingerprint density at radius 3 is 2.38 bits per heavy atom. The van der Waals surface area contributed by atoms with Crippen LogP contribution in [0.25, 0.3) is 32.0 Å². The van der Waals surface area contributed by atoms with Gasteiger partial charge >= 0.3 is 5.97 Å². The molecule has 0 bridgehead atoms. The van der Waals surface area contributed by atoms with E-state index in [1.54, 1.807) is 6.07 Å². The smallest absolute Gasteiger partial charge is 0.339 e. The molecule has 0 saturated carbocycles. The number of carbonyl (C=O) groups excluding carboxylic acids is 1. The number of aryl methyl sites for hydroxylation is 1. The molecule has 8 heteroatoms. The second-order valence-corrected chi connectivity index (χ2v) is 10.7. The van der Waals surface area contributed by atoms with Crippen molar-refractivity contribution >= 4 is 50.7 Å². The molecular formula is C26H24Cl2N2O3S. The summed E-state index contributed by atoms with van der Waals surface area (Å²) in [6.07, 6.45) is -0.921. The first-order valence-corrected chi connectivity index (χ1v) is 12.2. The van der Waals surface area contributed by atoms with Crippen LogP contribution in [0, 0.1) is 6.92 Å². The molecule has 2 heterocycles. The predicted octanol–water partition coefficient (Wildman–Crippen LogP) is 7.67. The number of hydrogen-bond donors (Lipinski definition) is 0. The third kappa shape index (κ3) is 5.10. The quantitative estimate of drug-likeness (QED) is 0.202. The fourth-order valence-electron chi connectivity index (χ4n) is 3.77. The minimum atomic E-state index is -0.921. The number of thiazole rings is 1. The Labute approximate surface area is 212 Å². The molecule has 2 aromatic carbocycles. The lowest BCUT2D eigenvalue weighted by Crippen LogP contribution is -2.29. The van der Waals surface area contributed by atoms with Gasteiger partial charge in [-0.3, -0.25) is 0 Å². The van der Waals surface area contributed by atoms with Gasteiger partial charge in [-0.05, 0) is 69.2 Å². The van der Waals surface area contributed by atoms with Crippen LogP contribution in [0.1, 0.15) is 38.0 Å². The van der Waals surface area contributed by atoms with Crippen LogP contribution in [-0.4, -0.2) is 28.6 Å². The van der Waals surface area contributed by atoms with Gasteiger partial charge in [-0.2, -0.15) is 0 Å². The Bertz CT molecular complexity index is 1360. The third-order valence-electron chi connectivity index (χ3n) is 5.14. The van der Waals surface area contributed by atoms with Crippen molar-refractivity contribution in [3.05, 3.63) is 69.8 Å². The normalized spacial score (nSPS) is 12.7. The van der Waals surface area contributed by atoms with Crippen LogP contribution in [0.2, 0.25) is 10.2 Å². The zero-order chi connectivity index (χ0) is 24.6. The number of aromatic nitrogens is 2. The molecule has 5 nitrogen and oxygen atoms in total. The maximum absolute atomic E-state index is 13.0. The molecule has 1 atom stereocenters. The van der Waals surface area contributed by atoms with Crippen molar-refractivity contribution in [1.29, 1.82) is 0 Å². The average Bonchev–Trinajstić information content (AvgIpc) is 3.20. The number of halogens is 2. The van der Waals surface area contributed by atoms with Gasteiger partial charge in [0.2, 0.25) is 0 Å². The van der Waals surface area contributed by atoms with E-state index in [1.165, 1.54) is 18.4 Å². The van der Waals surface area contributed by atoms with Crippen LogP contribution >= 0.6 is 34.5 Å². The maximum atomic E-state index is 13.0. The largest absolute Gasteiger partial charge is 0.467 e. The van der Waals surface area contributed by atoms with Crippen molar-refractivity contribution in [2.45, 2.75) is 39.4 Å². The van der Waals surface area contributed by atoms with Crippen LogP contribution in [0.15, 0.2) is 48.5 Å². The van der Waals surface area contributed by atoms with Gasteiger partial charge < -0.3 is 9.47 Å². The molecule has 34 heavy (non-hydrogen) atoms. The highest BCUT2D eigenvalue weighted by Crippen LogP contribution is 2.44. The number of fused-ring (bicyclic) bond motifs is 1. The molecule has 0 spiro atoms. The van der Waals surface area contributed by atoms with Gasteiger partial charge in [0.15, 0.2) is 6.10 Å². The summed E-state index contributed by atoms with van der Waals surface area (Å²) in [6, 6.07) is 14.9. The fourth-order valence-corrected chi connectivity index (χ4v) is 5.16. The molecule has 2 aromatic heterocycles.